The van der Waals surface area contributed by atoms with E-state index in [0.29, 0.717) is 11.7 Å². The number of piperidine rings is 1. The summed E-state index contributed by atoms with van der Waals surface area (Å²) in [5.74, 6) is 2.04. The third-order valence-electron chi connectivity index (χ3n) is 3.19. The van der Waals surface area contributed by atoms with Gasteiger partial charge in [0.25, 0.3) is 0 Å². The molecule has 5 nitrogen and oxygen atoms in total. The van der Waals surface area contributed by atoms with E-state index in [2.05, 4.69) is 10.1 Å². The van der Waals surface area contributed by atoms with E-state index in [1.54, 1.807) is 0 Å². The highest BCUT2D eigenvalue weighted by atomic mass is 16.5. The predicted octanol–water partition coefficient (Wildman–Crippen LogP) is 1.74. The molecule has 1 aliphatic heterocycles. The Morgan fingerprint density at radius 3 is 2.53 bits per heavy atom. The van der Waals surface area contributed by atoms with Crippen LogP contribution in [0.5, 0.6) is 0 Å². The Morgan fingerprint density at radius 1 is 1.41 bits per heavy atom. The molecule has 0 atom stereocenters. The third kappa shape index (κ3) is 2.65. The summed E-state index contributed by atoms with van der Waals surface area (Å²) >= 11 is 0. The summed E-state index contributed by atoms with van der Waals surface area (Å²) in [4.78, 5) is 18.0. The Kier molecular flexibility index (Phi) is 3.45. The molecule has 0 N–H and O–H groups in total. The van der Waals surface area contributed by atoms with Crippen LogP contribution in [0.1, 0.15) is 44.3 Å². The smallest absolute Gasteiger partial charge is 0.229 e. The number of rotatable bonds is 2. The van der Waals surface area contributed by atoms with Crippen LogP contribution >= 0.6 is 0 Å². The van der Waals surface area contributed by atoms with Crippen molar-refractivity contribution >= 4 is 5.91 Å². The number of amides is 1. The molecular weight excluding hydrogens is 218 g/mol. The molecule has 0 saturated carbocycles. The van der Waals surface area contributed by atoms with Gasteiger partial charge in [-0.2, -0.15) is 4.98 Å². The van der Waals surface area contributed by atoms with E-state index in [1.807, 2.05) is 25.7 Å². The van der Waals surface area contributed by atoms with Gasteiger partial charge in [-0.1, -0.05) is 19.0 Å². The van der Waals surface area contributed by atoms with Gasteiger partial charge in [0.05, 0.1) is 0 Å². The van der Waals surface area contributed by atoms with E-state index in [-0.39, 0.29) is 11.8 Å². The van der Waals surface area contributed by atoms with Crippen LogP contribution in [0.15, 0.2) is 4.52 Å². The van der Waals surface area contributed by atoms with Gasteiger partial charge in [-0.25, -0.2) is 0 Å². The highest BCUT2D eigenvalue weighted by Gasteiger charge is 2.27. The first-order valence-corrected chi connectivity index (χ1v) is 6.17. The molecule has 0 radical (unpaired) electrons. The first-order chi connectivity index (χ1) is 8.08. The summed E-state index contributed by atoms with van der Waals surface area (Å²) in [5.41, 5.74) is 0. The molecule has 1 amide bonds. The molecule has 0 bridgehead atoms. The van der Waals surface area contributed by atoms with Crippen LogP contribution in [0.25, 0.3) is 0 Å². The first kappa shape index (κ1) is 12.1. The summed E-state index contributed by atoms with van der Waals surface area (Å²) in [6.07, 6.45) is 1.83. The number of nitrogens with zero attached hydrogens (tertiary/aromatic N) is 3. The van der Waals surface area contributed by atoms with Crippen molar-refractivity contribution in [1.29, 1.82) is 0 Å². The summed E-state index contributed by atoms with van der Waals surface area (Å²) in [6.45, 7) is 7.29. The van der Waals surface area contributed by atoms with Crippen LogP contribution in [0.4, 0.5) is 0 Å². The topological polar surface area (TPSA) is 59.2 Å². The number of hydrogen-bond acceptors (Lipinski definition) is 4. The molecule has 0 aromatic carbocycles. The summed E-state index contributed by atoms with van der Waals surface area (Å²) in [5, 5.41) is 3.81. The van der Waals surface area contributed by atoms with Gasteiger partial charge in [-0.05, 0) is 19.8 Å². The molecule has 0 aliphatic carbocycles. The highest BCUT2D eigenvalue weighted by molar-refractivity contribution is 5.78. The van der Waals surface area contributed by atoms with Crippen molar-refractivity contribution in [3.63, 3.8) is 0 Å². The molecule has 1 aromatic rings. The minimum atomic E-state index is 0.0807. The molecule has 0 unspecified atom stereocenters. The van der Waals surface area contributed by atoms with E-state index in [9.17, 15) is 4.79 Å². The van der Waals surface area contributed by atoms with Crippen molar-refractivity contribution in [2.24, 2.45) is 5.92 Å². The maximum absolute atomic E-state index is 11.8. The number of aryl methyl sites for hydroxylation is 1. The maximum atomic E-state index is 11.8. The Bertz CT molecular complexity index is 392. The van der Waals surface area contributed by atoms with E-state index in [0.717, 1.165) is 31.8 Å². The van der Waals surface area contributed by atoms with Crippen LogP contribution in [0.3, 0.4) is 0 Å². The Hall–Kier alpha value is -1.39. The lowest BCUT2D eigenvalue weighted by Crippen LogP contribution is -2.40. The average molecular weight is 237 g/mol. The van der Waals surface area contributed by atoms with Gasteiger partial charge >= 0.3 is 0 Å². The molecule has 2 heterocycles. The van der Waals surface area contributed by atoms with Gasteiger partial charge < -0.3 is 9.42 Å². The van der Waals surface area contributed by atoms with Crippen molar-refractivity contribution in [3.8, 4) is 0 Å². The molecule has 94 valence electrons. The summed E-state index contributed by atoms with van der Waals surface area (Å²) < 4.78 is 5.18. The van der Waals surface area contributed by atoms with Crippen LogP contribution in [0.2, 0.25) is 0 Å². The standard InChI is InChI=1S/C12H19N3O2/c1-8(2)12(16)15-6-4-10(5-7-15)11-13-9(3)14-17-11/h8,10H,4-7H2,1-3H3. The zero-order valence-electron chi connectivity index (χ0n) is 10.6. The second-order valence-corrected chi connectivity index (χ2v) is 4.93. The summed E-state index contributed by atoms with van der Waals surface area (Å²) in [7, 11) is 0. The van der Waals surface area contributed by atoms with Crippen LogP contribution < -0.4 is 0 Å². The Labute approximate surface area is 101 Å². The molecule has 17 heavy (non-hydrogen) atoms. The molecule has 1 aromatic heterocycles. The summed E-state index contributed by atoms with van der Waals surface area (Å²) in [6, 6.07) is 0. The molecular formula is C12H19N3O2. The Morgan fingerprint density at radius 2 is 2.06 bits per heavy atom. The number of carbonyl (C=O) groups is 1. The van der Waals surface area contributed by atoms with Gasteiger partial charge in [-0.3, -0.25) is 4.79 Å². The van der Waals surface area contributed by atoms with Crippen molar-refractivity contribution in [3.05, 3.63) is 11.7 Å². The molecule has 1 saturated heterocycles. The van der Waals surface area contributed by atoms with Gasteiger partial charge in [0.1, 0.15) is 0 Å². The zero-order chi connectivity index (χ0) is 12.4. The predicted molar refractivity (Wildman–Crippen MR) is 62.4 cm³/mol. The van der Waals surface area contributed by atoms with Gasteiger partial charge in [0.2, 0.25) is 11.8 Å². The fraction of sp³-hybridized carbons (Fsp3) is 0.750. The molecule has 2 rings (SSSR count). The lowest BCUT2D eigenvalue weighted by Gasteiger charge is -2.31. The van der Waals surface area contributed by atoms with Crippen LogP contribution in [0, 0.1) is 12.8 Å². The largest absolute Gasteiger partial charge is 0.342 e. The number of likely N-dealkylation sites (tertiary alicyclic amines) is 1. The molecule has 1 aliphatic rings. The Balaban J connectivity index is 1.92. The fourth-order valence-electron chi connectivity index (χ4n) is 2.19. The van der Waals surface area contributed by atoms with Crippen molar-refractivity contribution in [1.82, 2.24) is 15.0 Å². The maximum Gasteiger partial charge on any atom is 0.229 e. The minimum absolute atomic E-state index is 0.0807. The third-order valence-corrected chi connectivity index (χ3v) is 3.19. The number of hydrogen-bond donors (Lipinski definition) is 0. The van der Waals surface area contributed by atoms with Crippen molar-refractivity contribution < 1.29 is 9.32 Å². The van der Waals surface area contributed by atoms with E-state index in [4.69, 9.17) is 4.52 Å². The normalized spacial score (nSPS) is 17.8. The van der Waals surface area contributed by atoms with E-state index < -0.39 is 0 Å². The van der Waals surface area contributed by atoms with Gasteiger partial charge in [0, 0.05) is 24.9 Å². The number of aromatic nitrogens is 2. The molecule has 0 spiro atoms. The lowest BCUT2D eigenvalue weighted by molar-refractivity contribution is -0.135. The van der Waals surface area contributed by atoms with Crippen molar-refractivity contribution in [2.75, 3.05) is 13.1 Å². The average Bonchev–Trinajstić information content (AvgIpc) is 2.75. The monoisotopic (exact) mass is 237 g/mol. The molecule has 5 heteroatoms. The first-order valence-electron chi connectivity index (χ1n) is 6.17. The van der Waals surface area contributed by atoms with E-state index in [1.165, 1.54) is 0 Å². The number of carbonyl (C=O) groups excluding carboxylic acids is 1. The second-order valence-electron chi connectivity index (χ2n) is 4.93. The van der Waals surface area contributed by atoms with Crippen LogP contribution in [-0.2, 0) is 4.79 Å². The second kappa shape index (κ2) is 4.85. The van der Waals surface area contributed by atoms with E-state index >= 15 is 0 Å². The minimum Gasteiger partial charge on any atom is -0.342 e. The fourth-order valence-corrected chi connectivity index (χ4v) is 2.19. The molecule has 1 fully saturated rings. The highest BCUT2D eigenvalue weighted by Crippen LogP contribution is 2.27. The lowest BCUT2D eigenvalue weighted by atomic mass is 9.96. The van der Waals surface area contributed by atoms with Gasteiger partial charge in [-0.15, -0.1) is 0 Å². The van der Waals surface area contributed by atoms with Crippen molar-refractivity contribution in [2.45, 2.75) is 39.5 Å². The quantitative estimate of drug-likeness (QED) is 0.786. The SMILES string of the molecule is Cc1noc(C2CCN(C(=O)C(C)C)CC2)n1. The van der Waals surface area contributed by atoms with Crippen LogP contribution in [-0.4, -0.2) is 34.0 Å². The zero-order valence-corrected chi connectivity index (χ0v) is 10.6. The van der Waals surface area contributed by atoms with Gasteiger partial charge in [0.15, 0.2) is 5.82 Å².